The second-order valence-electron chi connectivity index (χ2n) is 6.18. The summed E-state index contributed by atoms with van der Waals surface area (Å²) in [5.74, 6) is -0.395. The molecule has 2 atom stereocenters. The highest BCUT2D eigenvalue weighted by atomic mass is 32.2. The average molecular weight is 363 g/mol. The summed E-state index contributed by atoms with van der Waals surface area (Å²) in [6, 6.07) is 26.1. The molecule has 0 spiro atoms. The van der Waals surface area contributed by atoms with E-state index in [4.69, 9.17) is 0 Å². The summed E-state index contributed by atoms with van der Waals surface area (Å²) in [4.78, 5) is 14.7. The van der Waals surface area contributed by atoms with E-state index in [0.29, 0.717) is 5.69 Å². The van der Waals surface area contributed by atoms with E-state index in [-0.39, 0.29) is 4.90 Å². The largest absolute Gasteiger partial charge is 0.302 e. The van der Waals surface area contributed by atoms with E-state index < -0.39 is 27.0 Å². The Hall–Kier alpha value is -2.92. The third-order valence-corrected chi connectivity index (χ3v) is 6.68. The first kappa shape index (κ1) is 16.5. The Labute approximate surface area is 152 Å². The first-order chi connectivity index (χ1) is 12.6. The van der Waals surface area contributed by atoms with Crippen molar-refractivity contribution < 1.29 is 13.2 Å². The fourth-order valence-corrected chi connectivity index (χ4v) is 5.20. The van der Waals surface area contributed by atoms with Crippen LogP contribution in [0, 0.1) is 0 Å². The Morgan fingerprint density at radius 1 is 0.692 bits per heavy atom. The highest BCUT2D eigenvalue weighted by Gasteiger charge is 2.56. The molecule has 0 aliphatic carbocycles. The number of nitrogens with zero attached hydrogens (tertiary/aromatic N) is 1. The molecule has 0 unspecified atom stereocenters. The molecule has 0 bridgehead atoms. The van der Waals surface area contributed by atoms with Crippen molar-refractivity contribution in [3.8, 4) is 0 Å². The lowest BCUT2D eigenvalue weighted by Crippen LogP contribution is -2.62. The van der Waals surface area contributed by atoms with Crippen LogP contribution in [0.3, 0.4) is 0 Å². The third-order valence-electron chi connectivity index (χ3n) is 4.63. The van der Waals surface area contributed by atoms with Crippen molar-refractivity contribution in [3.63, 3.8) is 0 Å². The summed E-state index contributed by atoms with van der Waals surface area (Å²) in [7, 11) is -3.78. The predicted molar refractivity (Wildman–Crippen MR) is 101 cm³/mol. The van der Waals surface area contributed by atoms with Gasteiger partial charge in [-0.05, 0) is 29.8 Å². The number of amides is 1. The Morgan fingerprint density at radius 3 is 1.77 bits per heavy atom. The molecule has 0 N–H and O–H groups in total. The minimum Gasteiger partial charge on any atom is -0.302 e. The molecule has 3 aromatic carbocycles. The van der Waals surface area contributed by atoms with Crippen LogP contribution in [0.4, 0.5) is 5.69 Å². The second kappa shape index (κ2) is 6.42. The van der Waals surface area contributed by atoms with Crippen molar-refractivity contribution in [1.82, 2.24) is 0 Å². The molecule has 0 aromatic heterocycles. The number of hydrogen-bond acceptors (Lipinski definition) is 3. The van der Waals surface area contributed by atoms with Crippen LogP contribution in [0.2, 0.25) is 0 Å². The van der Waals surface area contributed by atoms with E-state index in [1.165, 1.54) is 12.1 Å². The SMILES string of the molecule is O=C1[C@@H](S(=O)(=O)c2ccccc2)[C@H](c2ccccc2)N1c1ccccc1. The lowest BCUT2D eigenvalue weighted by molar-refractivity contribution is -0.123. The lowest BCUT2D eigenvalue weighted by atomic mass is 9.92. The summed E-state index contributed by atoms with van der Waals surface area (Å²) >= 11 is 0. The van der Waals surface area contributed by atoms with Gasteiger partial charge in [0.05, 0.1) is 10.9 Å². The number of β-lactam (4-membered cyclic amide) rings is 1. The molecular formula is C21H17NO3S. The molecule has 1 aliphatic heterocycles. The van der Waals surface area contributed by atoms with Crippen LogP contribution in [0.15, 0.2) is 95.9 Å². The van der Waals surface area contributed by atoms with Crippen LogP contribution in [0.1, 0.15) is 11.6 Å². The van der Waals surface area contributed by atoms with Crippen molar-refractivity contribution >= 4 is 21.4 Å². The van der Waals surface area contributed by atoms with Crippen LogP contribution in [-0.2, 0) is 14.6 Å². The predicted octanol–water partition coefficient (Wildman–Crippen LogP) is 3.62. The Morgan fingerprint density at radius 2 is 1.19 bits per heavy atom. The lowest BCUT2D eigenvalue weighted by Gasteiger charge is -2.46. The number of para-hydroxylation sites is 1. The summed E-state index contributed by atoms with van der Waals surface area (Å²) in [5, 5.41) is -1.12. The zero-order valence-electron chi connectivity index (χ0n) is 13.9. The first-order valence-electron chi connectivity index (χ1n) is 8.33. The average Bonchev–Trinajstić information content (AvgIpc) is 2.68. The summed E-state index contributed by atoms with van der Waals surface area (Å²) in [6.07, 6.45) is 0. The number of carbonyl (C=O) groups is 1. The highest BCUT2D eigenvalue weighted by Crippen LogP contribution is 2.44. The number of anilines is 1. The van der Waals surface area contributed by atoms with Crippen LogP contribution < -0.4 is 4.90 Å². The molecule has 0 saturated carbocycles. The molecule has 1 aliphatic rings. The normalized spacial score (nSPS) is 19.8. The van der Waals surface area contributed by atoms with E-state index in [0.717, 1.165) is 5.56 Å². The molecule has 1 fully saturated rings. The maximum Gasteiger partial charge on any atom is 0.248 e. The van der Waals surface area contributed by atoms with Crippen molar-refractivity contribution in [2.75, 3.05) is 4.90 Å². The molecule has 0 radical (unpaired) electrons. The standard InChI is InChI=1S/C21H17NO3S/c23-21-20(26(24,25)18-14-8-3-9-15-18)19(16-10-4-1-5-11-16)22(21)17-12-6-2-7-13-17/h1-15,19-20H/t19-,20-/m0/s1. The summed E-state index contributed by atoms with van der Waals surface area (Å²) < 4.78 is 26.3. The fourth-order valence-electron chi connectivity index (χ4n) is 3.37. The van der Waals surface area contributed by atoms with Gasteiger partial charge in [-0.15, -0.1) is 0 Å². The fraction of sp³-hybridized carbons (Fsp3) is 0.0952. The quantitative estimate of drug-likeness (QED) is 0.665. The highest BCUT2D eigenvalue weighted by molar-refractivity contribution is 7.93. The zero-order valence-corrected chi connectivity index (χ0v) is 14.7. The number of sulfone groups is 1. The molecule has 4 rings (SSSR count). The van der Waals surface area contributed by atoms with Gasteiger partial charge in [-0.3, -0.25) is 4.79 Å². The van der Waals surface area contributed by atoms with Gasteiger partial charge in [0, 0.05) is 5.69 Å². The molecule has 5 heteroatoms. The van der Waals surface area contributed by atoms with E-state index in [1.807, 2.05) is 60.7 Å². The summed E-state index contributed by atoms with van der Waals surface area (Å²) in [6.45, 7) is 0. The van der Waals surface area contributed by atoms with Crippen molar-refractivity contribution in [3.05, 3.63) is 96.6 Å². The number of hydrogen-bond donors (Lipinski definition) is 0. The molecule has 1 amide bonds. The molecule has 4 nitrogen and oxygen atoms in total. The Balaban J connectivity index is 1.81. The monoisotopic (exact) mass is 363 g/mol. The van der Waals surface area contributed by atoms with Gasteiger partial charge in [0.15, 0.2) is 15.1 Å². The zero-order chi connectivity index (χ0) is 18.1. The van der Waals surface area contributed by atoms with Gasteiger partial charge >= 0.3 is 0 Å². The number of benzene rings is 3. The van der Waals surface area contributed by atoms with E-state index in [9.17, 15) is 13.2 Å². The van der Waals surface area contributed by atoms with Crippen molar-refractivity contribution in [2.24, 2.45) is 0 Å². The van der Waals surface area contributed by atoms with E-state index >= 15 is 0 Å². The van der Waals surface area contributed by atoms with Crippen LogP contribution in [-0.4, -0.2) is 19.6 Å². The Bertz CT molecular complexity index is 1020. The van der Waals surface area contributed by atoms with Gasteiger partial charge in [-0.1, -0.05) is 66.7 Å². The van der Waals surface area contributed by atoms with Gasteiger partial charge in [0.1, 0.15) is 0 Å². The van der Waals surface area contributed by atoms with Crippen molar-refractivity contribution in [2.45, 2.75) is 16.2 Å². The molecule has 3 aromatic rings. The maximum absolute atomic E-state index is 13.1. The van der Waals surface area contributed by atoms with Gasteiger partial charge in [0.25, 0.3) is 0 Å². The topological polar surface area (TPSA) is 54.5 Å². The molecule has 1 heterocycles. The smallest absolute Gasteiger partial charge is 0.248 e. The minimum absolute atomic E-state index is 0.173. The maximum atomic E-state index is 13.1. The van der Waals surface area contributed by atoms with Crippen molar-refractivity contribution in [1.29, 1.82) is 0 Å². The number of rotatable bonds is 4. The number of carbonyl (C=O) groups excluding carboxylic acids is 1. The van der Waals surface area contributed by atoms with Gasteiger partial charge in [0.2, 0.25) is 5.91 Å². The third kappa shape index (κ3) is 2.61. The summed E-state index contributed by atoms with van der Waals surface area (Å²) in [5.41, 5.74) is 1.51. The minimum atomic E-state index is -3.78. The van der Waals surface area contributed by atoms with Gasteiger partial charge < -0.3 is 4.90 Å². The van der Waals surface area contributed by atoms with Crippen LogP contribution >= 0.6 is 0 Å². The molecular weight excluding hydrogens is 346 g/mol. The van der Waals surface area contributed by atoms with Gasteiger partial charge in [-0.2, -0.15) is 0 Å². The van der Waals surface area contributed by atoms with E-state index in [2.05, 4.69) is 0 Å². The van der Waals surface area contributed by atoms with E-state index in [1.54, 1.807) is 23.1 Å². The first-order valence-corrected chi connectivity index (χ1v) is 9.87. The second-order valence-corrected chi connectivity index (χ2v) is 8.25. The molecule has 130 valence electrons. The van der Waals surface area contributed by atoms with Crippen LogP contribution in [0.25, 0.3) is 0 Å². The molecule has 1 saturated heterocycles. The Kier molecular flexibility index (Phi) is 4.09. The molecule has 26 heavy (non-hydrogen) atoms. The van der Waals surface area contributed by atoms with Crippen LogP contribution in [0.5, 0.6) is 0 Å². The van der Waals surface area contributed by atoms with Gasteiger partial charge in [-0.25, -0.2) is 8.42 Å².